The van der Waals surface area contributed by atoms with E-state index in [1.807, 2.05) is 18.5 Å². The Hall–Kier alpha value is -2.38. The average molecular weight is 413 g/mol. The molecule has 1 aromatic heterocycles. The number of ether oxygens (including phenoxy) is 1. The third kappa shape index (κ3) is 6.57. The Morgan fingerprint density at radius 1 is 1.17 bits per heavy atom. The highest BCUT2D eigenvalue weighted by Gasteiger charge is 2.28. The van der Waals surface area contributed by atoms with Gasteiger partial charge in [0.05, 0.1) is 19.8 Å². The minimum absolute atomic E-state index is 0.0120. The molecule has 0 saturated carbocycles. The normalized spacial score (nSPS) is 15.9. The number of nitrogens with one attached hydrogen (secondary N) is 2. The van der Waals surface area contributed by atoms with Gasteiger partial charge in [0.15, 0.2) is 5.96 Å². The van der Waals surface area contributed by atoms with E-state index in [1.54, 1.807) is 0 Å². The van der Waals surface area contributed by atoms with Gasteiger partial charge in [-0.2, -0.15) is 0 Å². The monoisotopic (exact) mass is 412 g/mol. The molecule has 30 heavy (non-hydrogen) atoms. The Balaban J connectivity index is 1.52. The van der Waals surface area contributed by atoms with Crippen molar-refractivity contribution >= 4 is 5.96 Å². The first-order valence-corrected chi connectivity index (χ1v) is 11.0. The first-order valence-electron chi connectivity index (χ1n) is 11.0. The van der Waals surface area contributed by atoms with E-state index >= 15 is 0 Å². The number of nitrogens with zero attached hydrogens (tertiary/aromatic N) is 4. The summed E-state index contributed by atoms with van der Waals surface area (Å²) in [6.45, 7) is 13.4. The molecule has 7 nitrogen and oxygen atoms in total. The first kappa shape index (κ1) is 22.3. The predicted molar refractivity (Wildman–Crippen MR) is 122 cm³/mol. The Labute approximate surface area is 180 Å². The molecule has 1 fully saturated rings. The standard InChI is InChI=1S/C23H36N6O/c1-4-24-22(27-19-23(2,3)29-14-16-30-17-15-29)26-11-10-21-25-12-13-28(21)18-20-8-6-5-7-9-20/h5-9,12-13H,4,10-11,14-19H2,1-3H3,(H2,24,26,27). The smallest absolute Gasteiger partial charge is 0.191 e. The van der Waals surface area contributed by atoms with Crippen LogP contribution >= 0.6 is 0 Å². The molecule has 1 saturated heterocycles. The Morgan fingerprint density at radius 2 is 1.93 bits per heavy atom. The number of guanidine groups is 1. The molecule has 3 rings (SSSR count). The van der Waals surface area contributed by atoms with Crippen molar-refractivity contribution in [3.63, 3.8) is 0 Å². The number of hydrogen-bond donors (Lipinski definition) is 2. The summed E-state index contributed by atoms with van der Waals surface area (Å²) in [7, 11) is 0. The minimum atomic E-state index is 0.0120. The maximum Gasteiger partial charge on any atom is 0.191 e. The number of rotatable bonds is 9. The molecule has 2 heterocycles. The summed E-state index contributed by atoms with van der Waals surface area (Å²) in [6, 6.07) is 10.5. The largest absolute Gasteiger partial charge is 0.379 e. The number of aliphatic imine (C=N–C) groups is 1. The van der Waals surface area contributed by atoms with Crippen molar-refractivity contribution in [2.75, 3.05) is 45.9 Å². The van der Waals surface area contributed by atoms with Crippen molar-refractivity contribution in [2.45, 2.75) is 39.3 Å². The van der Waals surface area contributed by atoms with Crippen molar-refractivity contribution in [1.29, 1.82) is 0 Å². The molecular weight excluding hydrogens is 376 g/mol. The molecule has 1 aromatic carbocycles. The molecule has 2 aromatic rings. The molecule has 0 atom stereocenters. The lowest BCUT2D eigenvalue weighted by Crippen LogP contribution is -2.52. The van der Waals surface area contributed by atoms with E-state index in [1.165, 1.54) is 5.56 Å². The lowest BCUT2D eigenvalue weighted by molar-refractivity contribution is -0.00683. The fourth-order valence-electron chi connectivity index (χ4n) is 3.67. The van der Waals surface area contributed by atoms with Crippen LogP contribution in [0.4, 0.5) is 0 Å². The summed E-state index contributed by atoms with van der Waals surface area (Å²) in [5.74, 6) is 1.94. The maximum atomic E-state index is 5.48. The quantitative estimate of drug-likeness (QED) is 0.488. The number of hydrogen-bond acceptors (Lipinski definition) is 4. The molecule has 0 spiro atoms. The Kier molecular flexibility index (Phi) is 8.28. The van der Waals surface area contributed by atoms with Gasteiger partial charge in [-0.1, -0.05) is 30.3 Å². The second-order valence-corrected chi connectivity index (χ2v) is 8.24. The van der Waals surface area contributed by atoms with Gasteiger partial charge in [0, 0.05) is 57.1 Å². The van der Waals surface area contributed by atoms with Crippen molar-refractivity contribution in [1.82, 2.24) is 25.1 Å². The first-order chi connectivity index (χ1) is 14.6. The van der Waals surface area contributed by atoms with Gasteiger partial charge < -0.3 is 19.9 Å². The Bertz CT molecular complexity index is 780. The summed E-state index contributed by atoms with van der Waals surface area (Å²) in [4.78, 5) is 11.9. The summed E-state index contributed by atoms with van der Waals surface area (Å²) >= 11 is 0. The number of imidazole rings is 1. The molecule has 0 unspecified atom stereocenters. The average Bonchev–Trinajstić information content (AvgIpc) is 3.20. The summed E-state index contributed by atoms with van der Waals surface area (Å²) in [5.41, 5.74) is 1.29. The van der Waals surface area contributed by atoms with Crippen LogP contribution in [-0.2, 0) is 17.7 Å². The van der Waals surface area contributed by atoms with Crippen LogP contribution in [0.3, 0.4) is 0 Å². The van der Waals surface area contributed by atoms with Crippen LogP contribution in [0.15, 0.2) is 47.7 Å². The van der Waals surface area contributed by atoms with Gasteiger partial charge in [0.25, 0.3) is 0 Å². The van der Waals surface area contributed by atoms with Gasteiger partial charge >= 0.3 is 0 Å². The molecular formula is C23H36N6O. The fourth-order valence-corrected chi connectivity index (χ4v) is 3.67. The highest BCUT2D eigenvalue weighted by Crippen LogP contribution is 2.16. The van der Waals surface area contributed by atoms with E-state index in [2.05, 4.69) is 70.1 Å². The van der Waals surface area contributed by atoms with E-state index in [9.17, 15) is 0 Å². The van der Waals surface area contributed by atoms with Crippen molar-refractivity contribution in [2.24, 2.45) is 4.99 Å². The van der Waals surface area contributed by atoms with Crippen LogP contribution in [0.1, 0.15) is 32.2 Å². The van der Waals surface area contributed by atoms with E-state index < -0.39 is 0 Å². The molecule has 164 valence electrons. The van der Waals surface area contributed by atoms with Crippen molar-refractivity contribution in [3.05, 3.63) is 54.1 Å². The zero-order valence-electron chi connectivity index (χ0n) is 18.6. The van der Waals surface area contributed by atoms with Gasteiger partial charge in [-0.15, -0.1) is 0 Å². The molecule has 0 aliphatic carbocycles. The van der Waals surface area contributed by atoms with Gasteiger partial charge in [-0.05, 0) is 26.3 Å². The maximum absolute atomic E-state index is 5.48. The Morgan fingerprint density at radius 3 is 2.67 bits per heavy atom. The molecule has 1 aliphatic rings. The summed E-state index contributed by atoms with van der Waals surface area (Å²) in [5, 5.41) is 6.83. The molecule has 2 N–H and O–H groups in total. The van der Waals surface area contributed by atoms with Gasteiger partial charge in [0.1, 0.15) is 5.82 Å². The van der Waals surface area contributed by atoms with Crippen molar-refractivity contribution < 1.29 is 4.74 Å². The third-order valence-electron chi connectivity index (χ3n) is 5.47. The second kappa shape index (κ2) is 11.1. The topological polar surface area (TPSA) is 66.7 Å². The SMILES string of the molecule is CCNC(=NCC(C)(C)N1CCOCC1)NCCc1nccn1Cc1ccccc1. The summed E-state index contributed by atoms with van der Waals surface area (Å²) < 4.78 is 7.70. The highest BCUT2D eigenvalue weighted by atomic mass is 16.5. The molecule has 7 heteroatoms. The van der Waals surface area contributed by atoms with Crippen molar-refractivity contribution in [3.8, 4) is 0 Å². The van der Waals surface area contributed by atoms with E-state index in [4.69, 9.17) is 9.73 Å². The molecule has 1 aliphatic heterocycles. The third-order valence-corrected chi connectivity index (χ3v) is 5.47. The fraction of sp³-hybridized carbons (Fsp3) is 0.565. The van der Waals surface area contributed by atoms with Gasteiger partial charge in [0.2, 0.25) is 0 Å². The highest BCUT2D eigenvalue weighted by molar-refractivity contribution is 5.79. The van der Waals surface area contributed by atoms with Gasteiger partial charge in [-0.25, -0.2) is 4.98 Å². The zero-order valence-corrected chi connectivity index (χ0v) is 18.6. The van der Waals surface area contributed by atoms with Crippen LogP contribution < -0.4 is 10.6 Å². The number of morpholine rings is 1. The number of aromatic nitrogens is 2. The number of benzene rings is 1. The predicted octanol–water partition coefficient (Wildman–Crippen LogP) is 2.14. The summed E-state index contributed by atoms with van der Waals surface area (Å²) in [6.07, 6.45) is 4.77. The van der Waals surface area contributed by atoms with Gasteiger partial charge in [-0.3, -0.25) is 9.89 Å². The molecule has 0 radical (unpaired) electrons. The minimum Gasteiger partial charge on any atom is -0.379 e. The van der Waals surface area contributed by atoms with Crippen LogP contribution in [0, 0.1) is 0 Å². The molecule has 0 amide bonds. The lowest BCUT2D eigenvalue weighted by Gasteiger charge is -2.39. The lowest BCUT2D eigenvalue weighted by atomic mass is 10.0. The van der Waals surface area contributed by atoms with Crippen LogP contribution in [-0.4, -0.2) is 71.9 Å². The van der Waals surface area contributed by atoms with E-state index in [-0.39, 0.29) is 5.54 Å². The van der Waals surface area contributed by atoms with E-state index in [0.29, 0.717) is 0 Å². The molecule has 0 bridgehead atoms. The zero-order chi connectivity index (χ0) is 21.2. The van der Waals surface area contributed by atoms with Crippen LogP contribution in [0.25, 0.3) is 0 Å². The van der Waals surface area contributed by atoms with E-state index in [0.717, 1.165) is 70.7 Å². The van der Waals surface area contributed by atoms with Crippen LogP contribution in [0.5, 0.6) is 0 Å². The second-order valence-electron chi connectivity index (χ2n) is 8.24. The van der Waals surface area contributed by atoms with Crippen LogP contribution in [0.2, 0.25) is 0 Å².